The Labute approximate surface area is 69.6 Å². The molecule has 0 amide bonds. The van der Waals surface area contributed by atoms with Crippen molar-refractivity contribution in [3.05, 3.63) is 0 Å². The summed E-state index contributed by atoms with van der Waals surface area (Å²) in [6.45, 7) is 8.47. The van der Waals surface area contributed by atoms with Crippen molar-refractivity contribution in [3.63, 3.8) is 0 Å². The van der Waals surface area contributed by atoms with E-state index in [4.69, 9.17) is 4.74 Å². The van der Waals surface area contributed by atoms with Crippen LogP contribution >= 0.6 is 0 Å². The zero-order chi connectivity index (χ0) is 8.91. The van der Waals surface area contributed by atoms with Crippen LogP contribution in [0.2, 0.25) is 0 Å². The molecule has 0 spiro atoms. The number of rotatable bonds is 5. The third kappa shape index (κ3) is 3.21. The minimum Gasteiger partial charge on any atom is -0.390 e. The van der Waals surface area contributed by atoms with Gasteiger partial charge in [0, 0.05) is 6.61 Å². The van der Waals surface area contributed by atoms with Gasteiger partial charge in [0.25, 0.3) is 0 Å². The second-order valence-electron chi connectivity index (χ2n) is 3.17. The molecule has 0 aromatic rings. The minimum absolute atomic E-state index is 0.344. The summed E-state index contributed by atoms with van der Waals surface area (Å²) in [5.41, 5.74) is -0.344. The van der Waals surface area contributed by atoms with Gasteiger partial charge in [-0.25, -0.2) is 0 Å². The molecule has 2 nitrogen and oxygen atoms in total. The molecule has 0 aliphatic rings. The third-order valence-electron chi connectivity index (χ3n) is 2.10. The van der Waals surface area contributed by atoms with E-state index in [1.165, 1.54) is 0 Å². The maximum atomic E-state index is 9.41. The number of aliphatic hydroxyl groups excluding tert-OH is 1. The molecule has 0 aromatic heterocycles. The first-order valence-corrected chi connectivity index (χ1v) is 4.38. The quantitative estimate of drug-likeness (QED) is 0.666. The first-order valence-electron chi connectivity index (χ1n) is 4.38. The van der Waals surface area contributed by atoms with Crippen molar-refractivity contribution in [3.8, 4) is 0 Å². The molecule has 2 unspecified atom stereocenters. The maximum Gasteiger partial charge on any atom is 0.0909 e. The van der Waals surface area contributed by atoms with Crippen molar-refractivity contribution in [1.29, 1.82) is 0 Å². The summed E-state index contributed by atoms with van der Waals surface area (Å²) in [6, 6.07) is 0. The number of aliphatic hydroxyl groups is 1. The average molecular weight is 160 g/mol. The van der Waals surface area contributed by atoms with Crippen molar-refractivity contribution in [2.45, 2.75) is 52.2 Å². The first-order chi connectivity index (χ1) is 5.06. The highest BCUT2D eigenvalue weighted by Crippen LogP contribution is 2.21. The highest BCUT2D eigenvalue weighted by atomic mass is 16.5. The van der Waals surface area contributed by atoms with Crippen LogP contribution in [0, 0.1) is 0 Å². The second-order valence-corrected chi connectivity index (χ2v) is 3.17. The maximum absolute atomic E-state index is 9.41. The van der Waals surface area contributed by atoms with Gasteiger partial charge >= 0.3 is 0 Å². The number of ether oxygens (including phenoxy) is 1. The van der Waals surface area contributed by atoms with Gasteiger partial charge in [-0.3, -0.25) is 0 Å². The first kappa shape index (κ1) is 10.9. The molecule has 0 rings (SSSR count). The smallest absolute Gasteiger partial charge is 0.0909 e. The standard InChI is InChI=1S/C9H20O2/c1-5-7-9(4,8(3)10)11-6-2/h8,10H,5-7H2,1-4H3. The van der Waals surface area contributed by atoms with Gasteiger partial charge in [0.2, 0.25) is 0 Å². The van der Waals surface area contributed by atoms with Gasteiger partial charge in [-0.2, -0.15) is 0 Å². The Bertz CT molecular complexity index is 93.7. The van der Waals surface area contributed by atoms with Gasteiger partial charge in [-0.15, -0.1) is 0 Å². The minimum atomic E-state index is -0.387. The fourth-order valence-corrected chi connectivity index (χ4v) is 1.23. The fourth-order valence-electron chi connectivity index (χ4n) is 1.23. The second kappa shape index (κ2) is 4.73. The van der Waals surface area contributed by atoms with Gasteiger partial charge in [0.1, 0.15) is 0 Å². The van der Waals surface area contributed by atoms with Crippen LogP contribution in [0.15, 0.2) is 0 Å². The monoisotopic (exact) mass is 160 g/mol. The normalized spacial score (nSPS) is 19.4. The van der Waals surface area contributed by atoms with Crippen LogP contribution in [0.5, 0.6) is 0 Å². The van der Waals surface area contributed by atoms with Crippen LogP contribution in [0.1, 0.15) is 40.5 Å². The predicted octanol–water partition coefficient (Wildman–Crippen LogP) is 1.96. The van der Waals surface area contributed by atoms with E-state index in [9.17, 15) is 5.11 Å². The molecule has 0 fully saturated rings. The Morgan fingerprint density at radius 3 is 2.27 bits per heavy atom. The van der Waals surface area contributed by atoms with Crippen LogP contribution < -0.4 is 0 Å². The zero-order valence-electron chi connectivity index (χ0n) is 8.05. The third-order valence-corrected chi connectivity index (χ3v) is 2.10. The van der Waals surface area contributed by atoms with E-state index in [2.05, 4.69) is 6.92 Å². The Kier molecular flexibility index (Phi) is 4.69. The van der Waals surface area contributed by atoms with Crippen LogP contribution in [0.3, 0.4) is 0 Å². The lowest BCUT2D eigenvalue weighted by Crippen LogP contribution is -2.40. The van der Waals surface area contributed by atoms with Gasteiger partial charge in [0.05, 0.1) is 11.7 Å². The number of hydrogen-bond donors (Lipinski definition) is 1. The van der Waals surface area contributed by atoms with Gasteiger partial charge in [-0.1, -0.05) is 13.3 Å². The van der Waals surface area contributed by atoms with Gasteiger partial charge in [-0.05, 0) is 27.2 Å². The summed E-state index contributed by atoms with van der Waals surface area (Å²) in [7, 11) is 0. The molecule has 2 atom stereocenters. The molecule has 0 aromatic carbocycles. The summed E-state index contributed by atoms with van der Waals surface area (Å²) in [4.78, 5) is 0. The Balaban J connectivity index is 4.01. The summed E-state index contributed by atoms with van der Waals surface area (Å²) >= 11 is 0. The van der Waals surface area contributed by atoms with Crippen molar-refractivity contribution < 1.29 is 9.84 Å². The molecule has 0 heterocycles. The van der Waals surface area contributed by atoms with E-state index in [1.54, 1.807) is 6.92 Å². The summed E-state index contributed by atoms with van der Waals surface area (Å²) in [5, 5.41) is 9.41. The highest BCUT2D eigenvalue weighted by molar-refractivity contribution is 4.80. The molecule has 0 saturated heterocycles. The van der Waals surface area contributed by atoms with Crippen molar-refractivity contribution >= 4 is 0 Å². The topological polar surface area (TPSA) is 29.5 Å². The Hall–Kier alpha value is -0.0800. The fraction of sp³-hybridized carbons (Fsp3) is 1.00. The van der Waals surface area contributed by atoms with E-state index in [1.807, 2.05) is 13.8 Å². The van der Waals surface area contributed by atoms with E-state index < -0.39 is 0 Å². The average Bonchev–Trinajstić information content (AvgIpc) is 1.88. The predicted molar refractivity (Wildman–Crippen MR) is 46.6 cm³/mol. The van der Waals surface area contributed by atoms with E-state index in [0.717, 1.165) is 12.8 Å². The van der Waals surface area contributed by atoms with Crippen molar-refractivity contribution in [2.24, 2.45) is 0 Å². The molecule has 0 saturated carbocycles. The lowest BCUT2D eigenvalue weighted by Gasteiger charge is -2.32. The molecular weight excluding hydrogens is 140 g/mol. The SMILES string of the molecule is CCCC(C)(OCC)C(C)O. The Morgan fingerprint density at radius 2 is 2.00 bits per heavy atom. The van der Waals surface area contributed by atoms with Crippen molar-refractivity contribution in [1.82, 2.24) is 0 Å². The molecule has 0 radical (unpaired) electrons. The van der Waals surface area contributed by atoms with Crippen LogP contribution in [-0.2, 0) is 4.74 Å². The molecule has 1 N–H and O–H groups in total. The summed E-state index contributed by atoms with van der Waals surface area (Å²) in [6.07, 6.45) is 1.57. The molecule has 0 aliphatic carbocycles. The highest BCUT2D eigenvalue weighted by Gasteiger charge is 2.28. The summed E-state index contributed by atoms with van der Waals surface area (Å²) in [5.74, 6) is 0. The molecule has 0 aliphatic heterocycles. The van der Waals surface area contributed by atoms with Crippen molar-refractivity contribution in [2.75, 3.05) is 6.61 Å². The lowest BCUT2D eigenvalue weighted by atomic mass is 9.94. The number of hydrogen-bond acceptors (Lipinski definition) is 2. The van der Waals surface area contributed by atoms with E-state index in [-0.39, 0.29) is 11.7 Å². The molecule has 11 heavy (non-hydrogen) atoms. The van der Waals surface area contributed by atoms with Crippen LogP contribution in [0.4, 0.5) is 0 Å². The van der Waals surface area contributed by atoms with Gasteiger partial charge in [0.15, 0.2) is 0 Å². The van der Waals surface area contributed by atoms with Crippen LogP contribution in [0.25, 0.3) is 0 Å². The van der Waals surface area contributed by atoms with Crippen LogP contribution in [-0.4, -0.2) is 23.4 Å². The molecular formula is C9H20O2. The van der Waals surface area contributed by atoms with E-state index in [0.29, 0.717) is 6.61 Å². The molecule has 0 bridgehead atoms. The van der Waals surface area contributed by atoms with E-state index >= 15 is 0 Å². The molecule has 2 heteroatoms. The largest absolute Gasteiger partial charge is 0.390 e. The Morgan fingerprint density at radius 1 is 1.45 bits per heavy atom. The molecule has 68 valence electrons. The zero-order valence-corrected chi connectivity index (χ0v) is 8.05. The van der Waals surface area contributed by atoms with Gasteiger partial charge < -0.3 is 9.84 Å². The lowest BCUT2D eigenvalue weighted by molar-refractivity contribution is -0.106. The summed E-state index contributed by atoms with van der Waals surface area (Å²) < 4.78 is 5.48.